The summed E-state index contributed by atoms with van der Waals surface area (Å²) in [6.07, 6.45) is 0.628. The van der Waals surface area contributed by atoms with Crippen LogP contribution < -0.4 is 19.6 Å². The third-order valence-electron chi connectivity index (χ3n) is 5.31. The number of ether oxygens (including phenoxy) is 3. The van der Waals surface area contributed by atoms with Crippen molar-refractivity contribution in [1.82, 2.24) is 5.43 Å². The molecule has 4 aromatic rings. The monoisotopic (exact) mass is 502 g/mol. The van der Waals surface area contributed by atoms with E-state index in [9.17, 15) is 9.59 Å². The van der Waals surface area contributed by atoms with Gasteiger partial charge in [0.25, 0.3) is 5.91 Å². The van der Waals surface area contributed by atoms with Crippen molar-refractivity contribution in [2.75, 3.05) is 7.11 Å². The second kappa shape index (κ2) is 11.4. The first-order valence-electron chi connectivity index (χ1n) is 11.1. The highest BCUT2D eigenvalue weighted by Crippen LogP contribution is 2.28. The molecule has 0 aliphatic carbocycles. The van der Waals surface area contributed by atoms with E-state index in [1.54, 1.807) is 68.6 Å². The Morgan fingerprint density at radius 1 is 0.944 bits per heavy atom. The van der Waals surface area contributed by atoms with Gasteiger partial charge in [-0.2, -0.15) is 5.10 Å². The Balaban J connectivity index is 1.52. The van der Waals surface area contributed by atoms with Crippen LogP contribution in [-0.4, -0.2) is 31.3 Å². The molecule has 1 amide bonds. The average molecular weight is 503 g/mol. The van der Waals surface area contributed by atoms with Crippen molar-refractivity contribution in [3.63, 3.8) is 0 Å². The highest BCUT2D eigenvalue weighted by molar-refractivity contribution is 6.30. The minimum Gasteiger partial charge on any atom is -0.497 e. The topological polar surface area (TPSA) is 86.2 Å². The Bertz CT molecular complexity index is 1420. The number of amides is 1. The maximum absolute atomic E-state index is 12.8. The fourth-order valence-electron chi connectivity index (χ4n) is 3.43. The first-order valence-corrected chi connectivity index (χ1v) is 11.5. The lowest BCUT2D eigenvalue weighted by Gasteiger charge is -2.13. The predicted octanol–water partition coefficient (Wildman–Crippen LogP) is 5.64. The maximum atomic E-state index is 12.8. The number of carbonyl (C=O) groups excluding carboxylic acids is 2. The Morgan fingerprint density at radius 3 is 2.47 bits per heavy atom. The van der Waals surface area contributed by atoms with Gasteiger partial charge in [-0.15, -0.1) is 0 Å². The number of esters is 1. The van der Waals surface area contributed by atoms with E-state index in [0.29, 0.717) is 33.4 Å². The van der Waals surface area contributed by atoms with Gasteiger partial charge in [0, 0.05) is 10.6 Å². The number of fused-ring (bicyclic) bond motifs is 1. The molecular weight excluding hydrogens is 480 g/mol. The molecule has 0 radical (unpaired) electrons. The number of nitrogens with zero attached hydrogens (tertiary/aromatic N) is 1. The molecule has 36 heavy (non-hydrogen) atoms. The van der Waals surface area contributed by atoms with Gasteiger partial charge in [0.15, 0.2) is 6.10 Å². The second-order valence-corrected chi connectivity index (χ2v) is 8.20. The molecule has 8 heteroatoms. The van der Waals surface area contributed by atoms with Gasteiger partial charge in [-0.3, -0.25) is 4.79 Å². The Morgan fingerprint density at radius 2 is 1.72 bits per heavy atom. The minimum absolute atomic E-state index is 0.302. The van der Waals surface area contributed by atoms with Crippen LogP contribution in [0.25, 0.3) is 10.8 Å². The van der Waals surface area contributed by atoms with E-state index in [0.717, 1.165) is 10.8 Å². The van der Waals surface area contributed by atoms with E-state index in [4.69, 9.17) is 25.8 Å². The fraction of sp³-hybridized carbons (Fsp3) is 0.107. The molecule has 0 saturated carbocycles. The summed E-state index contributed by atoms with van der Waals surface area (Å²) in [5.41, 5.74) is 3.38. The summed E-state index contributed by atoms with van der Waals surface area (Å²) >= 11 is 5.96. The molecule has 0 heterocycles. The van der Waals surface area contributed by atoms with Crippen LogP contribution >= 0.6 is 11.6 Å². The molecule has 0 fully saturated rings. The van der Waals surface area contributed by atoms with Crippen molar-refractivity contribution in [1.29, 1.82) is 0 Å². The molecule has 0 saturated heterocycles. The van der Waals surface area contributed by atoms with Gasteiger partial charge in [-0.25, -0.2) is 10.2 Å². The molecule has 1 unspecified atom stereocenters. The molecule has 182 valence electrons. The van der Waals surface area contributed by atoms with Crippen molar-refractivity contribution >= 4 is 40.5 Å². The number of nitrogens with one attached hydrogen (secondary N) is 1. The van der Waals surface area contributed by atoms with Crippen LogP contribution in [0.1, 0.15) is 22.8 Å². The zero-order valence-corrected chi connectivity index (χ0v) is 20.4. The number of hydrazone groups is 1. The van der Waals surface area contributed by atoms with E-state index in [2.05, 4.69) is 10.5 Å². The lowest BCUT2D eigenvalue weighted by atomic mass is 10.0. The molecule has 0 spiro atoms. The fourth-order valence-corrected chi connectivity index (χ4v) is 3.61. The van der Waals surface area contributed by atoms with Crippen LogP contribution in [0.3, 0.4) is 0 Å². The molecule has 1 atom stereocenters. The smallest absolute Gasteiger partial charge is 0.343 e. The SMILES string of the molecule is COc1ccc(C(=O)Oc2ccc3ccccc3c2/C=N/NC(=O)C(C)Oc2cccc(Cl)c2)cc1. The van der Waals surface area contributed by atoms with Gasteiger partial charge in [0.2, 0.25) is 0 Å². The standard InChI is InChI=1S/C28H23ClN2O5/c1-18(35-23-8-5-7-21(29)16-23)27(32)31-30-17-25-24-9-4-3-6-19(24)12-15-26(25)36-28(33)20-10-13-22(34-2)14-11-20/h3-18H,1-2H3,(H,31,32)/b30-17+. The summed E-state index contributed by atoms with van der Waals surface area (Å²) in [7, 11) is 1.55. The molecule has 0 aromatic heterocycles. The third kappa shape index (κ3) is 6.00. The van der Waals surface area contributed by atoms with Crippen LogP contribution in [0.5, 0.6) is 17.2 Å². The second-order valence-electron chi connectivity index (χ2n) is 7.77. The lowest BCUT2D eigenvalue weighted by molar-refractivity contribution is -0.127. The normalized spacial score (nSPS) is 11.8. The van der Waals surface area contributed by atoms with Crippen LogP contribution in [0.4, 0.5) is 0 Å². The van der Waals surface area contributed by atoms with E-state index in [1.807, 2.05) is 30.3 Å². The minimum atomic E-state index is -0.819. The molecule has 1 N–H and O–H groups in total. The van der Waals surface area contributed by atoms with Gasteiger partial charge < -0.3 is 14.2 Å². The van der Waals surface area contributed by atoms with Crippen molar-refractivity contribution in [3.8, 4) is 17.2 Å². The summed E-state index contributed by atoms with van der Waals surface area (Å²) < 4.78 is 16.4. The van der Waals surface area contributed by atoms with Crippen LogP contribution in [0.15, 0.2) is 90.0 Å². The summed E-state index contributed by atoms with van der Waals surface area (Å²) in [6, 6.07) is 24.5. The van der Waals surface area contributed by atoms with Gasteiger partial charge in [0.05, 0.1) is 18.9 Å². The highest BCUT2D eigenvalue weighted by atomic mass is 35.5. The Hall–Kier alpha value is -4.36. The molecule has 0 aliphatic rings. The van der Waals surface area contributed by atoms with Crippen molar-refractivity contribution in [3.05, 3.63) is 101 Å². The van der Waals surface area contributed by atoms with E-state index >= 15 is 0 Å². The molecule has 4 rings (SSSR count). The molecule has 0 bridgehead atoms. The van der Waals surface area contributed by atoms with Gasteiger partial charge in [0.1, 0.15) is 17.2 Å². The largest absolute Gasteiger partial charge is 0.497 e. The lowest BCUT2D eigenvalue weighted by Crippen LogP contribution is -2.33. The van der Waals surface area contributed by atoms with Crippen molar-refractivity contribution < 1.29 is 23.8 Å². The summed E-state index contributed by atoms with van der Waals surface area (Å²) in [5.74, 6) is 0.416. The molecule has 4 aromatic carbocycles. The van der Waals surface area contributed by atoms with Crippen molar-refractivity contribution in [2.24, 2.45) is 5.10 Å². The maximum Gasteiger partial charge on any atom is 0.343 e. The quantitative estimate of drug-likeness (QED) is 0.146. The number of methoxy groups -OCH3 is 1. The number of halogens is 1. The van der Waals surface area contributed by atoms with Gasteiger partial charge in [-0.1, -0.05) is 48.0 Å². The number of hydrogen-bond donors (Lipinski definition) is 1. The zero-order chi connectivity index (χ0) is 25.5. The predicted molar refractivity (Wildman–Crippen MR) is 139 cm³/mol. The van der Waals surface area contributed by atoms with Crippen LogP contribution in [0, 0.1) is 0 Å². The van der Waals surface area contributed by atoms with Crippen LogP contribution in [0.2, 0.25) is 5.02 Å². The van der Waals surface area contributed by atoms with Crippen LogP contribution in [-0.2, 0) is 4.79 Å². The third-order valence-corrected chi connectivity index (χ3v) is 5.54. The first-order chi connectivity index (χ1) is 17.4. The number of hydrogen-bond acceptors (Lipinski definition) is 6. The Kier molecular flexibility index (Phi) is 7.82. The summed E-state index contributed by atoms with van der Waals surface area (Å²) in [4.78, 5) is 25.3. The number of rotatable bonds is 8. The first kappa shape index (κ1) is 24.8. The van der Waals surface area contributed by atoms with Gasteiger partial charge in [-0.05, 0) is 66.2 Å². The van der Waals surface area contributed by atoms with Crippen molar-refractivity contribution in [2.45, 2.75) is 13.0 Å². The average Bonchev–Trinajstić information content (AvgIpc) is 2.89. The molecule has 0 aliphatic heterocycles. The van der Waals surface area contributed by atoms with E-state index < -0.39 is 18.0 Å². The summed E-state index contributed by atoms with van der Waals surface area (Å²) in [5, 5.41) is 6.33. The molecular formula is C28H23ClN2O5. The summed E-state index contributed by atoms with van der Waals surface area (Å²) in [6.45, 7) is 1.60. The van der Waals surface area contributed by atoms with E-state index in [1.165, 1.54) is 6.21 Å². The number of carbonyl (C=O) groups is 2. The highest BCUT2D eigenvalue weighted by Gasteiger charge is 2.16. The Labute approximate surface area is 213 Å². The van der Waals surface area contributed by atoms with Gasteiger partial charge >= 0.3 is 5.97 Å². The number of benzene rings is 4. The zero-order valence-electron chi connectivity index (χ0n) is 19.6. The molecule has 7 nitrogen and oxygen atoms in total. The van der Waals surface area contributed by atoms with E-state index in [-0.39, 0.29) is 0 Å².